The van der Waals surface area contributed by atoms with Crippen molar-refractivity contribution in [3.8, 4) is 0 Å². The molecule has 0 saturated carbocycles. The number of unbranched alkanes of at least 4 members (excludes halogenated alkanes) is 5. The zero-order valence-corrected chi connectivity index (χ0v) is 18.8. The minimum absolute atomic E-state index is 0.0242. The van der Waals surface area contributed by atoms with E-state index in [-0.39, 0.29) is 19.1 Å². The number of nitrogens with zero attached hydrogens (tertiary/aromatic N) is 2. The number of hydrazine groups is 2. The third kappa shape index (κ3) is 15.4. The largest absolute Gasteiger partial charge is 0.481 e. The van der Waals surface area contributed by atoms with E-state index in [0.717, 1.165) is 55.0 Å². The first-order valence-electron chi connectivity index (χ1n) is 11.2. The fourth-order valence-corrected chi connectivity index (χ4v) is 3.26. The molecule has 11 heteroatoms. The van der Waals surface area contributed by atoms with Gasteiger partial charge in [0.2, 0.25) is 0 Å². The Morgan fingerprint density at radius 2 is 1.48 bits per heavy atom. The van der Waals surface area contributed by atoms with Gasteiger partial charge in [0.25, 0.3) is 0 Å². The summed E-state index contributed by atoms with van der Waals surface area (Å²) in [5.74, 6) is 10.5. The van der Waals surface area contributed by atoms with Gasteiger partial charge in [-0.1, -0.05) is 39.0 Å². The van der Waals surface area contributed by atoms with E-state index in [1.807, 2.05) is 0 Å². The van der Waals surface area contributed by atoms with Gasteiger partial charge in [0.1, 0.15) is 0 Å². The summed E-state index contributed by atoms with van der Waals surface area (Å²) in [5.41, 5.74) is 10.4. The molecule has 31 heavy (non-hydrogen) atoms. The summed E-state index contributed by atoms with van der Waals surface area (Å²) < 4.78 is 6.09. The average Bonchev–Trinajstić information content (AvgIpc) is 2.71. The van der Waals surface area contributed by atoms with Crippen LogP contribution in [0.4, 0.5) is 9.59 Å². The average molecular weight is 447 g/mol. The van der Waals surface area contributed by atoms with Crippen LogP contribution in [0.15, 0.2) is 0 Å². The highest BCUT2D eigenvalue weighted by Gasteiger charge is 2.21. The monoisotopic (exact) mass is 446 g/mol. The van der Waals surface area contributed by atoms with Gasteiger partial charge in [0, 0.05) is 13.0 Å². The maximum atomic E-state index is 11.6. The van der Waals surface area contributed by atoms with Gasteiger partial charge in [0.05, 0.1) is 18.8 Å². The Kier molecular flexibility index (Phi) is 16.4. The maximum absolute atomic E-state index is 11.6. The lowest BCUT2D eigenvalue weighted by molar-refractivity contribution is -0.137. The van der Waals surface area contributed by atoms with E-state index in [4.69, 9.17) is 33.0 Å². The van der Waals surface area contributed by atoms with Crippen molar-refractivity contribution in [2.45, 2.75) is 96.1 Å². The zero-order chi connectivity index (χ0) is 23.6. The molecule has 0 fully saturated rings. The lowest BCUT2D eigenvalue weighted by atomic mass is 10.0. The standard InChI is InChI=1S/C20H42N6O5/c1-2-3-4-5-11-17(12-6-7-13-18(27)28)31-15-16(26(24)20(22)30)10-8-9-14-25(23)19(21)29/h16-17H,2-15,23-24H2,1H3,(H2,21,29)(H2,22,30)(H,27,28). The summed E-state index contributed by atoms with van der Waals surface area (Å²) in [7, 11) is 0. The van der Waals surface area contributed by atoms with Gasteiger partial charge in [-0.2, -0.15) is 0 Å². The van der Waals surface area contributed by atoms with Crippen molar-refractivity contribution >= 4 is 18.0 Å². The Morgan fingerprint density at radius 3 is 2.03 bits per heavy atom. The van der Waals surface area contributed by atoms with Crippen molar-refractivity contribution in [2.75, 3.05) is 13.2 Å². The van der Waals surface area contributed by atoms with Crippen LogP contribution in [-0.4, -0.2) is 58.5 Å². The van der Waals surface area contributed by atoms with Crippen LogP contribution >= 0.6 is 0 Å². The van der Waals surface area contributed by atoms with Gasteiger partial charge in [0.15, 0.2) is 0 Å². The number of carboxylic acid groups (broad SMARTS) is 1. The summed E-state index contributed by atoms with van der Waals surface area (Å²) in [4.78, 5) is 33.2. The fraction of sp³-hybridized carbons (Fsp3) is 0.850. The Bertz CT molecular complexity index is 522. The van der Waals surface area contributed by atoms with Crippen LogP contribution in [-0.2, 0) is 9.53 Å². The van der Waals surface area contributed by atoms with Gasteiger partial charge in [-0.3, -0.25) is 14.8 Å². The second kappa shape index (κ2) is 17.6. The van der Waals surface area contributed by atoms with Crippen LogP contribution in [0.3, 0.4) is 0 Å². The van der Waals surface area contributed by atoms with Gasteiger partial charge in [-0.05, 0) is 38.5 Å². The van der Waals surface area contributed by atoms with E-state index < -0.39 is 24.1 Å². The summed E-state index contributed by atoms with van der Waals surface area (Å²) in [6.45, 7) is 2.68. The van der Waals surface area contributed by atoms with E-state index in [1.54, 1.807) is 0 Å². The number of amides is 4. The molecule has 0 aliphatic rings. The zero-order valence-electron chi connectivity index (χ0n) is 18.8. The van der Waals surface area contributed by atoms with E-state index in [9.17, 15) is 14.4 Å². The topological polar surface area (TPSA) is 191 Å². The number of carboxylic acids is 1. The molecule has 0 aromatic heterocycles. The number of hydrogen-bond acceptors (Lipinski definition) is 6. The third-order valence-electron chi connectivity index (χ3n) is 5.19. The predicted molar refractivity (Wildman–Crippen MR) is 118 cm³/mol. The molecule has 0 bridgehead atoms. The predicted octanol–water partition coefficient (Wildman–Crippen LogP) is 2.03. The highest BCUT2D eigenvalue weighted by Crippen LogP contribution is 2.17. The second-order valence-electron chi connectivity index (χ2n) is 7.87. The van der Waals surface area contributed by atoms with Crippen molar-refractivity contribution in [3.63, 3.8) is 0 Å². The minimum Gasteiger partial charge on any atom is -0.481 e. The molecule has 0 aromatic rings. The molecule has 0 rings (SSSR count). The Morgan fingerprint density at radius 1 is 0.871 bits per heavy atom. The molecular weight excluding hydrogens is 404 g/mol. The number of carbonyl (C=O) groups is 3. The normalized spacial score (nSPS) is 12.9. The first-order chi connectivity index (χ1) is 14.7. The molecule has 11 nitrogen and oxygen atoms in total. The number of rotatable bonds is 19. The number of aliphatic carboxylic acids is 1. The second-order valence-corrected chi connectivity index (χ2v) is 7.87. The highest BCUT2D eigenvalue weighted by molar-refractivity contribution is 5.71. The third-order valence-corrected chi connectivity index (χ3v) is 5.19. The number of nitrogens with two attached hydrogens (primary N) is 4. The van der Waals surface area contributed by atoms with Crippen LogP contribution in [0.25, 0.3) is 0 Å². The number of urea groups is 2. The molecule has 0 saturated heterocycles. The molecular formula is C20H42N6O5. The van der Waals surface area contributed by atoms with Crippen LogP contribution < -0.4 is 23.2 Å². The summed E-state index contributed by atoms with van der Waals surface area (Å²) in [6, 6.07) is -1.85. The van der Waals surface area contributed by atoms with Crippen molar-refractivity contribution in [1.29, 1.82) is 0 Å². The summed E-state index contributed by atoms with van der Waals surface area (Å²) in [6.07, 6.45) is 9.36. The first kappa shape index (κ1) is 28.9. The SMILES string of the molecule is CCCCCCC(CCCCC(=O)O)OCC(CCCCN(N)C(N)=O)N(N)C(N)=O. The van der Waals surface area contributed by atoms with Crippen molar-refractivity contribution < 1.29 is 24.2 Å². The molecule has 0 radical (unpaired) electrons. The molecule has 0 aromatic carbocycles. The van der Waals surface area contributed by atoms with Crippen LogP contribution in [0.5, 0.6) is 0 Å². The number of hydrogen-bond donors (Lipinski definition) is 5. The highest BCUT2D eigenvalue weighted by atomic mass is 16.5. The van der Waals surface area contributed by atoms with Crippen molar-refractivity contribution in [2.24, 2.45) is 23.2 Å². The van der Waals surface area contributed by atoms with E-state index in [0.29, 0.717) is 32.2 Å². The van der Waals surface area contributed by atoms with Gasteiger partial charge in [-0.25, -0.2) is 21.3 Å². The summed E-state index contributed by atoms with van der Waals surface area (Å²) in [5, 5.41) is 10.7. The molecule has 2 atom stereocenters. The Hall–Kier alpha value is -2.11. The Balaban J connectivity index is 4.67. The van der Waals surface area contributed by atoms with Crippen molar-refractivity contribution in [3.05, 3.63) is 0 Å². The summed E-state index contributed by atoms with van der Waals surface area (Å²) >= 11 is 0. The molecule has 182 valence electrons. The van der Waals surface area contributed by atoms with Crippen LogP contribution in [0, 0.1) is 0 Å². The van der Waals surface area contributed by atoms with Gasteiger partial charge < -0.3 is 21.3 Å². The molecule has 0 heterocycles. The van der Waals surface area contributed by atoms with E-state index in [1.165, 1.54) is 0 Å². The molecule has 0 aliphatic carbocycles. The lowest BCUT2D eigenvalue weighted by Gasteiger charge is -2.28. The molecule has 9 N–H and O–H groups in total. The van der Waals surface area contributed by atoms with Gasteiger partial charge >= 0.3 is 18.0 Å². The first-order valence-corrected chi connectivity index (χ1v) is 11.2. The van der Waals surface area contributed by atoms with E-state index >= 15 is 0 Å². The minimum atomic E-state index is -0.798. The Labute approximate surface area is 185 Å². The van der Waals surface area contributed by atoms with Gasteiger partial charge in [-0.15, -0.1) is 0 Å². The lowest BCUT2D eigenvalue weighted by Crippen LogP contribution is -2.51. The maximum Gasteiger partial charge on any atom is 0.329 e. The molecule has 2 unspecified atom stereocenters. The molecule has 0 aliphatic heterocycles. The van der Waals surface area contributed by atoms with Crippen LogP contribution in [0.1, 0.15) is 84.0 Å². The van der Waals surface area contributed by atoms with Crippen molar-refractivity contribution in [1.82, 2.24) is 10.0 Å². The van der Waals surface area contributed by atoms with E-state index in [2.05, 4.69) is 6.92 Å². The number of carbonyl (C=O) groups excluding carboxylic acids is 2. The quantitative estimate of drug-likeness (QED) is 0.0866. The fourth-order valence-electron chi connectivity index (χ4n) is 3.26. The van der Waals surface area contributed by atoms with Crippen LogP contribution in [0.2, 0.25) is 0 Å². The molecule has 4 amide bonds. The number of primary amides is 2. The molecule has 0 spiro atoms. The number of ether oxygens (including phenoxy) is 1. The smallest absolute Gasteiger partial charge is 0.329 e.